The second-order valence-corrected chi connectivity index (χ2v) is 10.2. The SMILES string of the molecule is CCCCC1CC(c2ccc(F)cc2)(N(C)C)CCC12CC[N+](C)(CC)CC2. The van der Waals surface area contributed by atoms with Crippen LogP contribution < -0.4 is 0 Å². The highest BCUT2D eigenvalue weighted by Crippen LogP contribution is 2.57. The summed E-state index contributed by atoms with van der Waals surface area (Å²) in [7, 11) is 6.90. The van der Waals surface area contributed by atoms with Crippen LogP contribution in [0.4, 0.5) is 4.39 Å². The van der Waals surface area contributed by atoms with Crippen molar-refractivity contribution in [3.05, 3.63) is 35.6 Å². The van der Waals surface area contributed by atoms with Crippen molar-refractivity contribution in [3.8, 4) is 0 Å². The number of benzene rings is 1. The fraction of sp³-hybridized carbons (Fsp3) is 0.760. The van der Waals surface area contributed by atoms with Gasteiger partial charge in [0.15, 0.2) is 0 Å². The van der Waals surface area contributed by atoms with Gasteiger partial charge in [0.2, 0.25) is 0 Å². The summed E-state index contributed by atoms with van der Waals surface area (Å²) in [6.45, 7) is 8.60. The molecule has 3 rings (SSSR count). The van der Waals surface area contributed by atoms with Gasteiger partial charge in [-0.3, -0.25) is 4.90 Å². The molecule has 0 bridgehead atoms. The minimum absolute atomic E-state index is 0.0533. The summed E-state index contributed by atoms with van der Waals surface area (Å²) in [5, 5.41) is 0. The van der Waals surface area contributed by atoms with E-state index in [0.717, 1.165) is 5.92 Å². The molecular formula is C25H42FN2+. The molecule has 2 fully saturated rings. The van der Waals surface area contributed by atoms with Crippen LogP contribution in [0.3, 0.4) is 0 Å². The lowest BCUT2D eigenvalue weighted by atomic mass is 9.54. The number of quaternary nitrogens is 1. The van der Waals surface area contributed by atoms with E-state index in [1.807, 2.05) is 12.1 Å². The Morgan fingerprint density at radius 3 is 2.21 bits per heavy atom. The second kappa shape index (κ2) is 8.44. The summed E-state index contributed by atoms with van der Waals surface area (Å²) in [5.41, 5.74) is 1.89. The Balaban J connectivity index is 1.89. The Bertz CT molecular complexity index is 630. The summed E-state index contributed by atoms with van der Waals surface area (Å²) in [4.78, 5) is 2.43. The van der Waals surface area contributed by atoms with Gasteiger partial charge in [0.1, 0.15) is 5.82 Å². The number of rotatable bonds is 6. The smallest absolute Gasteiger partial charge is 0.123 e. The predicted molar refractivity (Wildman–Crippen MR) is 117 cm³/mol. The maximum atomic E-state index is 13.6. The molecule has 2 unspecified atom stereocenters. The Morgan fingerprint density at radius 2 is 1.68 bits per heavy atom. The van der Waals surface area contributed by atoms with E-state index >= 15 is 0 Å². The third-order valence-electron chi connectivity index (χ3n) is 8.69. The van der Waals surface area contributed by atoms with Crippen molar-refractivity contribution in [3.63, 3.8) is 0 Å². The van der Waals surface area contributed by atoms with E-state index in [1.165, 1.54) is 81.0 Å². The van der Waals surface area contributed by atoms with E-state index in [4.69, 9.17) is 0 Å². The highest BCUT2D eigenvalue weighted by molar-refractivity contribution is 5.27. The molecular weight excluding hydrogens is 347 g/mol. The summed E-state index contributed by atoms with van der Waals surface area (Å²) in [5.74, 6) is 0.649. The summed E-state index contributed by atoms with van der Waals surface area (Å²) in [6, 6.07) is 7.37. The van der Waals surface area contributed by atoms with E-state index in [2.05, 4.69) is 39.9 Å². The average molecular weight is 390 g/mol. The molecule has 0 aromatic heterocycles. The standard InChI is InChI=1S/C25H42FN2/c1-6-8-9-22-20-25(27(3)4,21-10-12-23(26)13-11-21)15-14-24(22)16-18-28(5,7-2)19-17-24/h10-13,22H,6-9,14-20H2,1-5H3/q+1. The molecule has 1 aromatic rings. The van der Waals surface area contributed by atoms with Gasteiger partial charge in [0, 0.05) is 18.4 Å². The number of hydrogen-bond acceptors (Lipinski definition) is 1. The molecule has 158 valence electrons. The third kappa shape index (κ3) is 4.03. The molecule has 2 aliphatic rings. The van der Waals surface area contributed by atoms with E-state index < -0.39 is 0 Å². The van der Waals surface area contributed by atoms with Crippen LogP contribution in [0.2, 0.25) is 0 Å². The fourth-order valence-corrected chi connectivity index (χ4v) is 6.13. The Hall–Kier alpha value is -0.930. The molecule has 0 amide bonds. The second-order valence-electron chi connectivity index (χ2n) is 10.2. The molecule has 1 aromatic carbocycles. The van der Waals surface area contributed by atoms with Gasteiger partial charge in [-0.25, -0.2) is 4.39 Å². The summed E-state index contributed by atoms with van der Waals surface area (Å²) < 4.78 is 14.8. The zero-order valence-corrected chi connectivity index (χ0v) is 18.9. The minimum Gasteiger partial charge on any atom is -0.326 e. The van der Waals surface area contributed by atoms with Gasteiger partial charge in [-0.15, -0.1) is 0 Å². The van der Waals surface area contributed by atoms with Gasteiger partial charge in [-0.2, -0.15) is 0 Å². The Morgan fingerprint density at radius 1 is 1.04 bits per heavy atom. The fourth-order valence-electron chi connectivity index (χ4n) is 6.13. The van der Waals surface area contributed by atoms with Crippen molar-refractivity contribution < 1.29 is 8.87 Å². The van der Waals surface area contributed by atoms with Crippen LogP contribution >= 0.6 is 0 Å². The molecule has 28 heavy (non-hydrogen) atoms. The molecule has 1 saturated carbocycles. The van der Waals surface area contributed by atoms with E-state index in [-0.39, 0.29) is 11.4 Å². The number of nitrogens with zero attached hydrogens (tertiary/aromatic N) is 2. The third-order valence-corrected chi connectivity index (χ3v) is 8.69. The molecule has 3 heteroatoms. The van der Waals surface area contributed by atoms with Crippen LogP contribution in [-0.4, -0.2) is 50.2 Å². The first kappa shape index (κ1) is 21.8. The lowest BCUT2D eigenvalue weighted by Crippen LogP contribution is -2.58. The van der Waals surface area contributed by atoms with Crippen molar-refractivity contribution in [2.75, 3.05) is 40.8 Å². The molecule has 1 aliphatic heterocycles. The summed E-state index contributed by atoms with van der Waals surface area (Å²) in [6.07, 6.45) is 10.5. The monoisotopic (exact) mass is 389 g/mol. The van der Waals surface area contributed by atoms with E-state index in [9.17, 15) is 4.39 Å². The molecule has 0 N–H and O–H groups in total. The zero-order chi connectivity index (χ0) is 20.4. The molecule has 1 spiro atoms. The first-order chi connectivity index (χ1) is 13.3. The number of halogens is 1. The molecule has 1 aliphatic carbocycles. The van der Waals surface area contributed by atoms with Gasteiger partial charge in [0.25, 0.3) is 0 Å². The number of likely N-dealkylation sites (tertiary alicyclic amines) is 1. The number of piperidine rings is 1. The zero-order valence-electron chi connectivity index (χ0n) is 18.9. The molecule has 2 atom stereocenters. The van der Waals surface area contributed by atoms with Crippen LogP contribution in [0.5, 0.6) is 0 Å². The first-order valence-corrected chi connectivity index (χ1v) is 11.6. The maximum Gasteiger partial charge on any atom is 0.123 e. The highest BCUT2D eigenvalue weighted by atomic mass is 19.1. The van der Waals surface area contributed by atoms with Crippen LogP contribution in [-0.2, 0) is 5.54 Å². The predicted octanol–water partition coefficient (Wildman–Crippen LogP) is 5.82. The highest BCUT2D eigenvalue weighted by Gasteiger charge is 2.52. The van der Waals surface area contributed by atoms with Gasteiger partial charge in [0.05, 0.1) is 26.7 Å². The van der Waals surface area contributed by atoms with Crippen molar-refractivity contribution in [2.24, 2.45) is 11.3 Å². The average Bonchev–Trinajstić information content (AvgIpc) is 2.70. The van der Waals surface area contributed by atoms with E-state index in [0.29, 0.717) is 5.41 Å². The lowest BCUT2D eigenvalue weighted by molar-refractivity contribution is -0.915. The summed E-state index contributed by atoms with van der Waals surface area (Å²) >= 11 is 0. The molecule has 2 nitrogen and oxygen atoms in total. The van der Waals surface area contributed by atoms with Gasteiger partial charge in [-0.1, -0.05) is 31.9 Å². The Labute approximate surface area is 172 Å². The number of unbranched alkanes of at least 4 members (excludes halogenated alkanes) is 1. The van der Waals surface area contributed by atoms with Gasteiger partial charge >= 0.3 is 0 Å². The Kier molecular flexibility index (Phi) is 6.56. The minimum atomic E-state index is -0.128. The van der Waals surface area contributed by atoms with Gasteiger partial charge in [-0.05, 0) is 75.7 Å². The van der Waals surface area contributed by atoms with E-state index in [1.54, 1.807) is 12.1 Å². The van der Waals surface area contributed by atoms with Crippen LogP contribution in [0.1, 0.15) is 70.8 Å². The van der Waals surface area contributed by atoms with Crippen molar-refractivity contribution >= 4 is 0 Å². The van der Waals surface area contributed by atoms with Crippen molar-refractivity contribution in [2.45, 2.75) is 70.8 Å². The molecule has 0 radical (unpaired) electrons. The lowest BCUT2D eigenvalue weighted by Gasteiger charge is -2.57. The van der Waals surface area contributed by atoms with Crippen molar-refractivity contribution in [1.29, 1.82) is 0 Å². The first-order valence-electron chi connectivity index (χ1n) is 11.6. The molecule has 1 saturated heterocycles. The largest absolute Gasteiger partial charge is 0.326 e. The van der Waals surface area contributed by atoms with Crippen LogP contribution in [0, 0.1) is 17.2 Å². The molecule has 1 heterocycles. The maximum absolute atomic E-state index is 13.6. The van der Waals surface area contributed by atoms with Gasteiger partial charge < -0.3 is 4.48 Å². The normalized spacial score (nSPS) is 36.2. The van der Waals surface area contributed by atoms with Crippen LogP contribution in [0.25, 0.3) is 0 Å². The van der Waals surface area contributed by atoms with Crippen molar-refractivity contribution in [1.82, 2.24) is 4.90 Å². The number of hydrogen-bond donors (Lipinski definition) is 0. The quantitative estimate of drug-likeness (QED) is 0.554. The van der Waals surface area contributed by atoms with Crippen LogP contribution in [0.15, 0.2) is 24.3 Å². The topological polar surface area (TPSA) is 3.24 Å².